The Bertz CT molecular complexity index is 178. The van der Waals surface area contributed by atoms with Crippen molar-refractivity contribution in [1.29, 1.82) is 0 Å². The van der Waals surface area contributed by atoms with E-state index in [9.17, 15) is 4.79 Å². The highest BCUT2D eigenvalue weighted by Crippen LogP contribution is 1.89. The Labute approximate surface area is 87.0 Å². The molecule has 0 heterocycles. The third-order valence-corrected chi connectivity index (χ3v) is 1.88. The summed E-state index contributed by atoms with van der Waals surface area (Å²) in [7, 11) is 0. The van der Waals surface area contributed by atoms with E-state index in [1.807, 2.05) is 13.0 Å². The van der Waals surface area contributed by atoms with E-state index >= 15 is 0 Å². The molecule has 0 aliphatic heterocycles. The average Bonchev–Trinajstić information content (AvgIpc) is 2.14. The van der Waals surface area contributed by atoms with Gasteiger partial charge in [-0.3, -0.25) is 4.79 Å². The first kappa shape index (κ1) is 13.2. The molecule has 0 bridgehead atoms. The fourth-order valence-electron chi connectivity index (χ4n) is 0.952. The zero-order valence-electron chi connectivity index (χ0n) is 9.47. The summed E-state index contributed by atoms with van der Waals surface area (Å²) in [5, 5.41) is 6.01. The third kappa shape index (κ3) is 6.66. The van der Waals surface area contributed by atoms with Crippen LogP contribution < -0.4 is 10.6 Å². The molecule has 0 saturated carbocycles. The lowest BCUT2D eigenvalue weighted by Crippen LogP contribution is -2.43. The summed E-state index contributed by atoms with van der Waals surface area (Å²) in [5.74, 6) is 0.571. The maximum Gasteiger partial charge on any atom is 0.236 e. The molecule has 0 aliphatic rings. The van der Waals surface area contributed by atoms with Gasteiger partial charge in [-0.1, -0.05) is 19.9 Å². The van der Waals surface area contributed by atoms with Crippen molar-refractivity contribution in [2.24, 2.45) is 5.92 Å². The van der Waals surface area contributed by atoms with Crippen LogP contribution in [0.15, 0.2) is 12.7 Å². The molecular formula is C11H22N2O. The van der Waals surface area contributed by atoms with E-state index in [-0.39, 0.29) is 11.9 Å². The van der Waals surface area contributed by atoms with Crippen LogP contribution in [0.25, 0.3) is 0 Å². The highest BCUT2D eigenvalue weighted by atomic mass is 16.2. The number of carbonyl (C=O) groups is 1. The topological polar surface area (TPSA) is 41.1 Å². The predicted octanol–water partition coefficient (Wildman–Crippen LogP) is 1.31. The summed E-state index contributed by atoms with van der Waals surface area (Å²) in [6, 6.07) is -0.117. The van der Waals surface area contributed by atoms with Gasteiger partial charge in [-0.05, 0) is 25.8 Å². The normalized spacial score (nSPS) is 12.6. The maximum absolute atomic E-state index is 11.4. The van der Waals surface area contributed by atoms with Crippen LogP contribution in [-0.2, 0) is 4.79 Å². The van der Waals surface area contributed by atoms with Crippen molar-refractivity contribution in [2.45, 2.75) is 33.2 Å². The largest absolute Gasteiger partial charge is 0.354 e. The fraction of sp³-hybridized carbons (Fsp3) is 0.727. The van der Waals surface area contributed by atoms with Crippen molar-refractivity contribution in [2.75, 3.05) is 13.1 Å². The van der Waals surface area contributed by atoms with Crippen LogP contribution in [-0.4, -0.2) is 25.0 Å². The molecule has 1 atom stereocenters. The number of hydrogen-bond acceptors (Lipinski definition) is 2. The summed E-state index contributed by atoms with van der Waals surface area (Å²) < 4.78 is 0. The molecule has 0 radical (unpaired) electrons. The summed E-state index contributed by atoms with van der Waals surface area (Å²) in [6.45, 7) is 11.2. The zero-order chi connectivity index (χ0) is 11.0. The predicted molar refractivity (Wildman–Crippen MR) is 60.1 cm³/mol. The standard InChI is InChI=1S/C11H22N2O/c1-5-6-7-12-10(4)11(14)13-8-9(2)3/h5,9-10,12H,1,6-8H2,2-4H3,(H,13,14). The Morgan fingerprint density at radius 1 is 1.43 bits per heavy atom. The molecule has 0 rings (SSSR count). The molecule has 82 valence electrons. The van der Waals surface area contributed by atoms with E-state index in [1.165, 1.54) is 0 Å². The molecule has 1 amide bonds. The molecule has 2 N–H and O–H groups in total. The van der Waals surface area contributed by atoms with Gasteiger partial charge in [0, 0.05) is 6.54 Å². The van der Waals surface area contributed by atoms with E-state index < -0.39 is 0 Å². The molecule has 1 unspecified atom stereocenters. The van der Waals surface area contributed by atoms with E-state index in [1.54, 1.807) is 0 Å². The van der Waals surface area contributed by atoms with Gasteiger partial charge in [0.15, 0.2) is 0 Å². The van der Waals surface area contributed by atoms with Gasteiger partial charge in [-0.15, -0.1) is 6.58 Å². The van der Waals surface area contributed by atoms with Gasteiger partial charge in [-0.25, -0.2) is 0 Å². The van der Waals surface area contributed by atoms with E-state index in [2.05, 4.69) is 31.1 Å². The molecule has 0 aliphatic carbocycles. The fourth-order valence-corrected chi connectivity index (χ4v) is 0.952. The lowest BCUT2D eigenvalue weighted by molar-refractivity contribution is -0.122. The van der Waals surface area contributed by atoms with Gasteiger partial charge in [0.05, 0.1) is 6.04 Å². The number of amides is 1. The summed E-state index contributed by atoms with van der Waals surface area (Å²) in [5.41, 5.74) is 0. The second-order valence-electron chi connectivity index (χ2n) is 3.89. The summed E-state index contributed by atoms with van der Waals surface area (Å²) >= 11 is 0. The van der Waals surface area contributed by atoms with Crippen molar-refractivity contribution in [3.8, 4) is 0 Å². The smallest absolute Gasteiger partial charge is 0.236 e. The van der Waals surface area contributed by atoms with E-state index in [0.717, 1.165) is 19.5 Å². The summed E-state index contributed by atoms with van der Waals surface area (Å²) in [4.78, 5) is 11.4. The van der Waals surface area contributed by atoms with Crippen LogP contribution in [0.2, 0.25) is 0 Å². The first-order valence-corrected chi connectivity index (χ1v) is 5.20. The first-order valence-electron chi connectivity index (χ1n) is 5.20. The molecule has 3 nitrogen and oxygen atoms in total. The van der Waals surface area contributed by atoms with E-state index in [0.29, 0.717) is 5.92 Å². The Kier molecular flexibility index (Phi) is 7.11. The molecule has 14 heavy (non-hydrogen) atoms. The van der Waals surface area contributed by atoms with Crippen molar-refractivity contribution in [3.05, 3.63) is 12.7 Å². The van der Waals surface area contributed by atoms with Crippen LogP contribution in [0.4, 0.5) is 0 Å². The van der Waals surface area contributed by atoms with Crippen molar-refractivity contribution >= 4 is 5.91 Å². The van der Waals surface area contributed by atoms with Gasteiger partial charge < -0.3 is 10.6 Å². The summed E-state index contributed by atoms with van der Waals surface area (Å²) in [6.07, 6.45) is 2.73. The number of carbonyl (C=O) groups excluding carboxylic acids is 1. The number of nitrogens with one attached hydrogen (secondary N) is 2. The second kappa shape index (κ2) is 7.56. The van der Waals surface area contributed by atoms with Crippen LogP contribution in [0.1, 0.15) is 27.2 Å². The zero-order valence-corrected chi connectivity index (χ0v) is 9.47. The van der Waals surface area contributed by atoms with Crippen molar-refractivity contribution < 1.29 is 4.79 Å². The molecule has 0 fully saturated rings. The van der Waals surface area contributed by atoms with Crippen LogP contribution in [0.3, 0.4) is 0 Å². The van der Waals surface area contributed by atoms with E-state index in [4.69, 9.17) is 0 Å². The first-order chi connectivity index (χ1) is 6.57. The Hall–Kier alpha value is -0.830. The lowest BCUT2D eigenvalue weighted by Gasteiger charge is -2.14. The highest BCUT2D eigenvalue weighted by Gasteiger charge is 2.10. The number of rotatable bonds is 7. The molecule has 3 heteroatoms. The molecule has 0 saturated heterocycles. The minimum absolute atomic E-state index is 0.0720. The van der Waals surface area contributed by atoms with Crippen LogP contribution in [0.5, 0.6) is 0 Å². The van der Waals surface area contributed by atoms with Crippen molar-refractivity contribution in [3.63, 3.8) is 0 Å². The average molecular weight is 198 g/mol. The second-order valence-corrected chi connectivity index (χ2v) is 3.89. The Morgan fingerprint density at radius 3 is 2.57 bits per heavy atom. The van der Waals surface area contributed by atoms with Gasteiger partial charge in [0.2, 0.25) is 5.91 Å². The minimum Gasteiger partial charge on any atom is -0.354 e. The van der Waals surface area contributed by atoms with Crippen LogP contribution >= 0.6 is 0 Å². The van der Waals surface area contributed by atoms with Gasteiger partial charge in [-0.2, -0.15) is 0 Å². The minimum atomic E-state index is -0.117. The molecule has 0 aromatic rings. The monoisotopic (exact) mass is 198 g/mol. The Balaban J connectivity index is 3.59. The molecule has 0 aromatic carbocycles. The third-order valence-electron chi connectivity index (χ3n) is 1.88. The van der Waals surface area contributed by atoms with Crippen molar-refractivity contribution in [1.82, 2.24) is 10.6 Å². The SMILES string of the molecule is C=CCCNC(C)C(=O)NCC(C)C. The van der Waals surface area contributed by atoms with Gasteiger partial charge >= 0.3 is 0 Å². The quantitative estimate of drug-likeness (QED) is 0.478. The lowest BCUT2D eigenvalue weighted by atomic mass is 10.2. The highest BCUT2D eigenvalue weighted by molar-refractivity contribution is 5.81. The molecule has 0 spiro atoms. The maximum atomic E-state index is 11.4. The Morgan fingerprint density at radius 2 is 2.07 bits per heavy atom. The molecule has 0 aromatic heterocycles. The van der Waals surface area contributed by atoms with Gasteiger partial charge in [0.1, 0.15) is 0 Å². The van der Waals surface area contributed by atoms with Crippen LogP contribution in [0, 0.1) is 5.92 Å². The van der Waals surface area contributed by atoms with Gasteiger partial charge in [0.25, 0.3) is 0 Å². The molecular weight excluding hydrogens is 176 g/mol. The number of hydrogen-bond donors (Lipinski definition) is 2.